The molecule has 0 fully saturated rings. The van der Waals surface area contributed by atoms with Crippen molar-refractivity contribution in [2.75, 3.05) is 22.1 Å². The lowest BCUT2D eigenvalue weighted by molar-refractivity contribution is -0.133. The summed E-state index contributed by atoms with van der Waals surface area (Å²) >= 11 is 0. The second-order valence-corrected chi connectivity index (χ2v) is 6.54. The maximum Gasteiger partial charge on any atom is 0.314 e. The van der Waals surface area contributed by atoms with Crippen molar-refractivity contribution in [1.82, 2.24) is 0 Å². The van der Waals surface area contributed by atoms with Gasteiger partial charge in [-0.3, -0.25) is 14.4 Å². The molecule has 0 spiro atoms. The first kappa shape index (κ1) is 18.6. The Balaban J connectivity index is 1.73. The first-order valence-electron chi connectivity index (χ1n) is 9.11. The van der Waals surface area contributed by atoms with Crippen molar-refractivity contribution in [2.45, 2.75) is 33.1 Å². The molecule has 0 unspecified atom stereocenters. The highest BCUT2D eigenvalue weighted by Gasteiger charge is 2.21. The summed E-state index contributed by atoms with van der Waals surface area (Å²) in [5, 5.41) is 5.28. The zero-order chi connectivity index (χ0) is 19.4. The monoisotopic (exact) mass is 365 g/mol. The number of carbonyl (C=O) groups excluding carboxylic acids is 3. The van der Waals surface area contributed by atoms with Crippen LogP contribution >= 0.6 is 0 Å². The van der Waals surface area contributed by atoms with E-state index in [1.165, 1.54) is 6.92 Å². The van der Waals surface area contributed by atoms with Gasteiger partial charge in [0.15, 0.2) is 0 Å². The third-order valence-corrected chi connectivity index (χ3v) is 4.69. The van der Waals surface area contributed by atoms with Gasteiger partial charge in [0.05, 0.1) is 0 Å². The molecule has 0 aromatic heterocycles. The minimum absolute atomic E-state index is 0.0339. The number of nitrogens with zero attached hydrogens (tertiary/aromatic N) is 1. The molecule has 2 aromatic carbocycles. The highest BCUT2D eigenvalue weighted by molar-refractivity contribution is 6.43. The second kappa shape index (κ2) is 8.03. The summed E-state index contributed by atoms with van der Waals surface area (Å²) in [7, 11) is 0. The van der Waals surface area contributed by atoms with Crippen molar-refractivity contribution in [2.24, 2.45) is 0 Å². The Labute approximate surface area is 158 Å². The molecule has 1 aliphatic rings. The topological polar surface area (TPSA) is 78.5 Å². The van der Waals surface area contributed by atoms with E-state index >= 15 is 0 Å². The van der Waals surface area contributed by atoms with Gasteiger partial charge >= 0.3 is 11.8 Å². The molecule has 140 valence electrons. The van der Waals surface area contributed by atoms with Crippen LogP contribution in [0, 0.1) is 0 Å². The van der Waals surface area contributed by atoms with E-state index in [9.17, 15) is 14.4 Å². The van der Waals surface area contributed by atoms with Crippen molar-refractivity contribution in [3.63, 3.8) is 0 Å². The van der Waals surface area contributed by atoms with E-state index in [0.717, 1.165) is 36.1 Å². The summed E-state index contributed by atoms with van der Waals surface area (Å²) in [6, 6.07) is 12.8. The SMILES string of the molecule is CCc1ccccc1NC(=O)C(=O)Nc1ccc2c(c1)N(C(C)=O)CCC2. The molecule has 0 atom stereocenters. The summed E-state index contributed by atoms with van der Waals surface area (Å²) in [5.74, 6) is -1.50. The van der Waals surface area contributed by atoms with Gasteiger partial charge in [0, 0.05) is 30.5 Å². The van der Waals surface area contributed by atoms with Gasteiger partial charge in [0.25, 0.3) is 0 Å². The summed E-state index contributed by atoms with van der Waals surface area (Å²) in [5.41, 5.74) is 3.95. The number of anilines is 3. The summed E-state index contributed by atoms with van der Waals surface area (Å²) in [4.78, 5) is 38.1. The first-order chi connectivity index (χ1) is 13.0. The van der Waals surface area contributed by atoms with Crippen LogP contribution in [0.1, 0.15) is 31.4 Å². The van der Waals surface area contributed by atoms with Gasteiger partial charge < -0.3 is 15.5 Å². The molecule has 0 aliphatic carbocycles. The highest BCUT2D eigenvalue weighted by Crippen LogP contribution is 2.30. The van der Waals surface area contributed by atoms with Crippen LogP contribution < -0.4 is 15.5 Å². The molecule has 0 saturated heterocycles. The van der Waals surface area contributed by atoms with E-state index < -0.39 is 11.8 Å². The summed E-state index contributed by atoms with van der Waals surface area (Å²) < 4.78 is 0. The van der Waals surface area contributed by atoms with Gasteiger partial charge in [0.1, 0.15) is 0 Å². The lowest BCUT2D eigenvalue weighted by Crippen LogP contribution is -2.34. The van der Waals surface area contributed by atoms with Crippen LogP contribution in [0.4, 0.5) is 17.1 Å². The maximum atomic E-state index is 12.3. The quantitative estimate of drug-likeness (QED) is 0.821. The van der Waals surface area contributed by atoms with Gasteiger partial charge in [-0.2, -0.15) is 0 Å². The Morgan fingerprint density at radius 2 is 1.78 bits per heavy atom. The van der Waals surface area contributed by atoms with Crippen LogP contribution in [0.15, 0.2) is 42.5 Å². The number of carbonyl (C=O) groups is 3. The molecule has 1 heterocycles. The Morgan fingerprint density at radius 3 is 2.52 bits per heavy atom. The van der Waals surface area contributed by atoms with Crippen LogP contribution in [0.3, 0.4) is 0 Å². The van der Waals surface area contributed by atoms with Crippen molar-refractivity contribution in [1.29, 1.82) is 0 Å². The normalized spacial score (nSPS) is 12.9. The molecule has 3 amide bonds. The van der Waals surface area contributed by atoms with Crippen molar-refractivity contribution in [3.8, 4) is 0 Å². The number of para-hydroxylation sites is 1. The van der Waals surface area contributed by atoms with Crippen LogP contribution in [0.25, 0.3) is 0 Å². The number of benzene rings is 2. The fourth-order valence-electron chi connectivity index (χ4n) is 3.30. The number of hydrogen-bond donors (Lipinski definition) is 2. The molecular weight excluding hydrogens is 342 g/mol. The van der Waals surface area contributed by atoms with Crippen molar-refractivity contribution in [3.05, 3.63) is 53.6 Å². The van der Waals surface area contributed by atoms with Gasteiger partial charge in [-0.15, -0.1) is 0 Å². The maximum absolute atomic E-state index is 12.3. The predicted octanol–water partition coefficient (Wildman–Crippen LogP) is 3.13. The standard InChI is InChI=1S/C21H23N3O3/c1-3-15-7-4-5-9-18(15)23-21(27)20(26)22-17-11-10-16-8-6-12-24(14(2)25)19(16)13-17/h4-5,7,9-11,13H,3,6,8,12H2,1-2H3,(H,22,26)(H,23,27). The second-order valence-electron chi connectivity index (χ2n) is 6.54. The minimum Gasteiger partial charge on any atom is -0.318 e. The van der Waals surface area contributed by atoms with Crippen LogP contribution in [-0.4, -0.2) is 24.3 Å². The van der Waals surface area contributed by atoms with E-state index in [4.69, 9.17) is 0 Å². The number of rotatable bonds is 3. The Hall–Kier alpha value is -3.15. The first-order valence-corrected chi connectivity index (χ1v) is 9.11. The summed E-state index contributed by atoms with van der Waals surface area (Å²) in [6.07, 6.45) is 2.56. The van der Waals surface area contributed by atoms with E-state index in [2.05, 4.69) is 10.6 Å². The molecule has 6 nitrogen and oxygen atoms in total. The number of fused-ring (bicyclic) bond motifs is 1. The molecular formula is C21H23N3O3. The lowest BCUT2D eigenvalue weighted by Gasteiger charge is -2.29. The molecule has 0 bridgehead atoms. The average molecular weight is 365 g/mol. The lowest BCUT2D eigenvalue weighted by atomic mass is 10.0. The fraction of sp³-hybridized carbons (Fsp3) is 0.286. The molecule has 2 aromatic rings. The van der Waals surface area contributed by atoms with Crippen LogP contribution in [0.5, 0.6) is 0 Å². The molecule has 3 rings (SSSR count). The molecule has 0 saturated carbocycles. The van der Waals surface area contributed by atoms with E-state index in [1.807, 2.05) is 31.2 Å². The van der Waals surface area contributed by atoms with E-state index in [-0.39, 0.29) is 5.91 Å². The molecule has 2 N–H and O–H groups in total. The predicted molar refractivity (Wildman–Crippen MR) is 106 cm³/mol. The number of amides is 3. The Bertz CT molecular complexity index is 892. The molecule has 0 radical (unpaired) electrons. The van der Waals surface area contributed by atoms with Gasteiger partial charge in [0.2, 0.25) is 5.91 Å². The van der Waals surface area contributed by atoms with Gasteiger partial charge in [-0.05, 0) is 48.6 Å². The third-order valence-electron chi connectivity index (χ3n) is 4.69. The highest BCUT2D eigenvalue weighted by atomic mass is 16.2. The Morgan fingerprint density at radius 1 is 1.04 bits per heavy atom. The summed E-state index contributed by atoms with van der Waals surface area (Å²) in [6.45, 7) is 4.17. The zero-order valence-electron chi connectivity index (χ0n) is 15.5. The van der Waals surface area contributed by atoms with Crippen LogP contribution in [0.2, 0.25) is 0 Å². The zero-order valence-corrected chi connectivity index (χ0v) is 15.5. The molecule has 1 aliphatic heterocycles. The largest absolute Gasteiger partial charge is 0.318 e. The van der Waals surface area contributed by atoms with E-state index in [0.29, 0.717) is 17.9 Å². The average Bonchev–Trinajstić information content (AvgIpc) is 2.67. The number of hydrogen-bond acceptors (Lipinski definition) is 3. The molecule has 6 heteroatoms. The minimum atomic E-state index is -0.744. The van der Waals surface area contributed by atoms with Crippen molar-refractivity contribution < 1.29 is 14.4 Å². The van der Waals surface area contributed by atoms with Crippen LogP contribution in [-0.2, 0) is 27.2 Å². The molecule has 27 heavy (non-hydrogen) atoms. The van der Waals surface area contributed by atoms with E-state index in [1.54, 1.807) is 23.1 Å². The number of nitrogens with one attached hydrogen (secondary N) is 2. The van der Waals surface area contributed by atoms with Gasteiger partial charge in [-0.25, -0.2) is 0 Å². The third kappa shape index (κ3) is 4.16. The van der Waals surface area contributed by atoms with Gasteiger partial charge in [-0.1, -0.05) is 31.2 Å². The fourth-order valence-corrected chi connectivity index (χ4v) is 3.30. The number of aryl methyl sites for hydroxylation is 2. The van der Waals surface area contributed by atoms with Crippen molar-refractivity contribution >= 4 is 34.8 Å². The Kier molecular flexibility index (Phi) is 5.54. The smallest absolute Gasteiger partial charge is 0.314 e.